The lowest BCUT2D eigenvalue weighted by Gasteiger charge is -1.91. The molecule has 0 saturated heterocycles. The van der Waals surface area contributed by atoms with Gasteiger partial charge in [0.1, 0.15) is 5.69 Å². The first kappa shape index (κ1) is 7.21. The van der Waals surface area contributed by atoms with Crippen LogP contribution in [0.2, 0.25) is 0 Å². The second kappa shape index (κ2) is 3.31. The molecule has 0 amide bonds. The number of rotatable bonds is 2. The van der Waals surface area contributed by atoms with Crippen LogP contribution < -0.4 is 0 Å². The van der Waals surface area contributed by atoms with Crippen LogP contribution in [0.3, 0.4) is 0 Å². The lowest BCUT2D eigenvalue weighted by Crippen LogP contribution is -1.90. The van der Waals surface area contributed by atoms with Crippen molar-refractivity contribution in [2.24, 2.45) is 0 Å². The molecule has 0 bridgehead atoms. The Labute approximate surface area is 62.9 Å². The highest BCUT2D eigenvalue weighted by Crippen LogP contribution is 2.05. The molecular weight excluding hydrogens is 148 g/mol. The monoisotopic (exact) mass is 153 g/mol. The van der Waals surface area contributed by atoms with Crippen molar-refractivity contribution >= 4 is 18.0 Å². The highest BCUT2D eigenvalue weighted by Gasteiger charge is 1.94. The molecule has 51 valence electrons. The van der Waals surface area contributed by atoms with Gasteiger partial charge in [-0.25, -0.2) is 9.97 Å². The number of thioether (sulfide) groups is 1. The third kappa shape index (κ3) is 1.54. The summed E-state index contributed by atoms with van der Waals surface area (Å²) in [4.78, 5) is 17.8. The predicted molar refractivity (Wildman–Crippen MR) is 38.6 cm³/mol. The van der Waals surface area contributed by atoms with Crippen LogP contribution in [0.25, 0.3) is 0 Å². The maximum atomic E-state index is 10.1. The van der Waals surface area contributed by atoms with Crippen LogP contribution in [-0.4, -0.2) is 22.5 Å². The molecule has 1 rings (SSSR count). The molecular formula is C6H5N2OS. The van der Waals surface area contributed by atoms with Crippen LogP contribution in [-0.2, 0) is 4.79 Å². The van der Waals surface area contributed by atoms with Gasteiger partial charge in [-0.05, 0) is 12.3 Å². The van der Waals surface area contributed by atoms with Crippen molar-refractivity contribution in [3.8, 4) is 0 Å². The minimum atomic E-state index is 0.305. The summed E-state index contributed by atoms with van der Waals surface area (Å²) < 4.78 is 0. The van der Waals surface area contributed by atoms with Crippen LogP contribution in [0.15, 0.2) is 17.4 Å². The molecule has 0 N–H and O–H groups in total. The molecule has 1 heterocycles. The topological polar surface area (TPSA) is 42.9 Å². The SMILES string of the molecule is CSc1nccc([C]=O)n1. The van der Waals surface area contributed by atoms with Gasteiger partial charge in [0.25, 0.3) is 6.29 Å². The van der Waals surface area contributed by atoms with Crippen LogP contribution in [0.1, 0.15) is 5.69 Å². The molecule has 0 spiro atoms. The lowest BCUT2D eigenvalue weighted by molar-refractivity contribution is 0.561. The van der Waals surface area contributed by atoms with Gasteiger partial charge in [-0.2, -0.15) is 0 Å². The fourth-order valence-corrected chi connectivity index (χ4v) is 0.852. The van der Waals surface area contributed by atoms with Gasteiger partial charge in [-0.15, -0.1) is 0 Å². The van der Waals surface area contributed by atoms with Crippen molar-refractivity contribution in [3.63, 3.8) is 0 Å². The molecule has 3 nitrogen and oxygen atoms in total. The number of hydrogen-bond donors (Lipinski definition) is 0. The molecule has 4 heteroatoms. The van der Waals surface area contributed by atoms with Crippen molar-refractivity contribution in [1.29, 1.82) is 0 Å². The van der Waals surface area contributed by atoms with Crippen LogP contribution in [0.5, 0.6) is 0 Å². The lowest BCUT2D eigenvalue weighted by atomic mass is 10.5. The Balaban J connectivity index is 2.98. The van der Waals surface area contributed by atoms with E-state index in [1.165, 1.54) is 17.8 Å². The average Bonchev–Trinajstić information content (AvgIpc) is 2.05. The first-order chi connectivity index (χ1) is 4.86. The summed E-state index contributed by atoms with van der Waals surface area (Å²) in [7, 11) is 0. The van der Waals surface area contributed by atoms with Crippen LogP contribution >= 0.6 is 11.8 Å². The summed E-state index contributed by atoms with van der Waals surface area (Å²) in [5.74, 6) is 0. The van der Waals surface area contributed by atoms with E-state index < -0.39 is 0 Å². The third-order valence-corrected chi connectivity index (χ3v) is 1.48. The Morgan fingerprint density at radius 1 is 1.70 bits per heavy atom. The quantitative estimate of drug-likeness (QED) is 0.462. The molecule has 10 heavy (non-hydrogen) atoms. The van der Waals surface area contributed by atoms with E-state index >= 15 is 0 Å². The van der Waals surface area contributed by atoms with E-state index in [-0.39, 0.29) is 0 Å². The molecule has 1 aromatic heterocycles. The van der Waals surface area contributed by atoms with Crippen molar-refractivity contribution in [2.45, 2.75) is 5.16 Å². The molecule has 0 fully saturated rings. The minimum Gasteiger partial charge on any atom is -0.283 e. The molecule has 0 saturated carbocycles. The zero-order chi connectivity index (χ0) is 7.40. The van der Waals surface area contributed by atoms with Crippen LogP contribution in [0.4, 0.5) is 0 Å². The molecule has 0 aliphatic carbocycles. The zero-order valence-corrected chi connectivity index (χ0v) is 6.18. The smallest absolute Gasteiger partial charge is 0.253 e. The molecule has 0 aromatic carbocycles. The number of carbonyl (C=O) groups excluding carboxylic acids is 1. The normalized spacial score (nSPS) is 9.30. The van der Waals surface area contributed by atoms with E-state index in [0.29, 0.717) is 10.9 Å². The van der Waals surface area contributed by atoms with E-state index in [0.717, 1.165) is 0 Å². The van der Waals surface area contributed by atoms with Crippen LogP contribution in [0, 0.1) is 0 Å². The van der Waals surface area contributed by atoms with Gasteiger partial charge in [-0.1, -0.05) is 11.8 Å². The van der Waals surface area contributed by atoms with Crippen molar-refractivity contribution in [3.05, 3.63) is 18.0 Å². The standard InChI is InChI=1S/C6H5N2OS/c1-10-6-7-3-2-5(4-9)8-6/h2-3H,1H3. The molecule has 0 atom stereocenters. The van der Waals surface area contributed by atoms with Gasteiger partial charge in [0.05, 0.1) is 0 Å². The van der Waals surface area contributed by atoms with Gasteiger partial charge >= 0.3 is 0 Å². The van der Waals surface area contributed by atoms with Gasteiger partial charge < -0.3 is 0 Å². The number of hydrogen-bond acceptors (Lipinski definition) is 4. The first-order valence-electron chi connectivity index (χ1n) is 2.62. The Bertz CT molecular complexity index is 239. The Hall–Kier alpha value is -0.900. The van der Waals surface area contributed by atoms with Crippen molar-refractivity contribution < 1.29 is 4.79 Å². The second-order valence-corrected chi connectivity index (χ2v) is 2.30. The largest absolute Gasteiger partial charge is 0.283 e. The van der Waals surface area contributed by atoms with Crippen molar-refractivity contribution in [1.82, 2.24) is 9.97 Å². The van der Waals surface area contributed by atoms with E-state index in [4.69, 9.17) is 0 Å². The Kier molecular flexibility index (Phi) is 2.39. The fraction of sp³-hybridized carbons (Fsp3) is 0.167. The Morgan fingerprint density at radius 2 is 2.50 bits per heavy atom. The second-order valence-electron chi connectivity index (χ2n) is 1.53. The van der Waals surface area contributed by atoms with E-state index in [2.05, 4.69) is 9.97 Å². The molecule has 1 aromatic rings. The van der Waals surface area contributed by atoms with Gasteiger partial charge in [0.2, 0.25) is 0 Å². The average molecular weight is 153 g/mol. The number of aromatic nitrogens is 2. The summed E-state index contributed by atoms with van der Waals surface area (Å²) in [6, 6.07) is 1.52. The Morgan fingerprint density at radius 3 is 3.10 bits per heavy atom. The maximum absolute atomic E-state index is 10.1. The fourth-order valence-electron chi connectivity index (χ4n) is 0.496. The van der Waals surface area contributed by atoms with Gasteiger partial charge in [0, 0.05) is 6.20 Å². The predicted octanol–water partition coefficient (Wildman–Crippen LogP) is 0.656. The molecule has 0 unspecified atom stereocenters. The third-order valence-electron chi connectivity index (χ3n) is 0.921. The first-order valence-corrected chi connectivity index (χ1v) is 3.84. The van der Waals surface area contributed by atoms with Crippen molar-refractivity contribution in [2.75, 3.05) is 6.26 Å². The highest BCUT2D eigenvalue weighted by molar-refractivity contribution is 7.98. The summed E-state index contributed by atoms with van der Waals surface area (Å²) in [6.45, 7) is 0. The van der Waals surface area contributed by atoms with E-state index in [1.54, 1.807) is 12.5 Å². The zero-order valence-electron chi connectivity index (χ0n) is 5.37. The minimum absolute atomic E-state index is 0.305. The maximum Gasteiger partial charge on any atom is 0.253 e. The molecule has 0 aliphatic heterocycles. The summed E-state index contributed by atoms with van der Waals surface area (Å²) >= 11 is 1.40. The summed E-state index contributed by atoms with van der Waals surface area (Å²) in [6.07, 6.45) is 5.08. The molecule has 0 aliphatic rings. The highest BCUT2D eigenvalue weighted by atomic mass is 32.2. The molecule has 1 radical (unpaired) electrons. The van der Waals surface area contributed by atoms with E-state index in [9.17, 15) is 4.79 Å². The van der Waals surface area contributed by atoms with Gasteiger partial charge in [0.15, 0.2) is 5.16 Å². The summed E-state index contributed by atoms with van der Waals surface area (Å²) in [5.41, 5.74) is 0.305. The summed E-state index contributed by atoms with van der Waals surface area (Å²) in [5, 5.41) is 0.598. The van der Waals surface area contributed by atoms with Gasteiger partial charge in [-0.3, -0.25) is 4.79 Å². The van der Waals surface area contributed by atoms with E-state index in [1.807, 2.05) is 6.26 Å². The number of nitrogens with zero attached hydrogens (tertiary/aromatic N) is 2.